The van der Waals surface area contributed by atoms with Gasteiger partial charge in [-0.1, -0.05) is 13.8 Å². The van der Waals surface area contributed by atoms with E-state index in [9.17, 15) is 19.5 Å². The lowest BCUT2D eigenvalue weighted by Crippen LogP contribution is -2.60. The first-order chi connectivity index (χ1) is 15.5. The van der Waals surface area contributed by atoms with Gasteiger partial charge in [0, 0.05) is 19.8 Å². The van der Waals surface area contributed by atoms with E-state index in [0.717, 1.165) is 44.9 Å². The summed E-state index contributed by atoms with van der Waals surface area (Å²) in [6.07, 6.45) is 5.78. The number of ether oxygens (including phenoxy) is 3. The monoisotopic (exact) mass is 464 g/mol. The average Bonchev–Trinajstić information content (AvgIpc) is 3.07. The summed E-state index contributed by atoms with van der Waals surface area (Å²) >= 11 is 0. The summed E-state index contributed by atoms with van der Waals surface area (Å²) < 4.78 is 16.0. The van der Waals surface area contributed by atoms with Crippen LogP contribution in [0.5, 0.6) is 0 Å². The van der Waals surface area contributed by atoms with Crippen molar-refractivity contribution >= 4 is 17.9 Å². The second-order valence-electron chi connectivity index (χ2n) is 11.6. The Hall–Kier alpha value is -1.63. The molecule has 10 atom stereocenters. The molecule has 0 aromatic rings. The second-order valence-corrected chi connectivity index (χ2v) is 11.6. The third-order valence-electron chi connectivity index (χ3n) is 10.0. The summed E-state index contributed by atoms with van der Waals surface area (Å²) in [5.41, 5.74) is -0.261. The first-order valence-corrected chi connectivity index (χ1v) is 12.6. The molecule has 1 N–H and O–H groups in total. The topological polar surface area (TPSA) is 99.1 Å². The largest absolute Gasteiger partial charge is 0.466 e. The molecule has 4 rings (SSSR count). The zero-order valence-corrected chi connectivity index (χ0v) is 20.7. The predicted octanol–water partition coefficient (Wildman–Crippen LogP) is 3.65. The molecule has 0 aliphatic heterocycles. The smallest absolute Gasteiger partial charge is 0.347 e. The summed E-state index contributed by atoms with van der Waals surface area (Å²) in [6.45, 7) is 7.32. The summed E-state index contributed by atoms with van der Waals surface area (Å²) in [5.74, 6) is 0.0508. The Morgan fingerprint density at radius 2 is 1.70 bits per heavy atom. The quantitative estimate of drug-likeness (QED) is 0.501. The van der Waals surface area contributed by atoms with Crippen LogP contribution in [0.15, 0.2) is 0 Å². The van der Waals surface area contributed by atoms with Crippen molar-refractivity contribution in [2.24, 2.45) is 40.4 Å². The van der Waals surface area contributed by atoms with E-state index >= 15 is 0 Å². The number of fused-ring (bicyclic) bond motifs is 5. The van der Waals surface area contributed by atoms with Crippen LogP contribution in [0.4, 0.5) is 0 Å². The van der Waals surface area contributed by atoms with E-state index in [0.29, 0.717) is 24.2 Å². The zero-order valence-electron chi connectivity index (χ0n) is 20.7. The van der Waals surface area contributed by atoms with Crippen molar-refractivity contribution < 1.29 is 33.7 Å². The molecule has 0 saturated heterocycles. The summed E-state index contributed by atoms with van der Waals surface area (Å²) in [6, 6.07) is 0. The highest BCUT2D eigenvalue weighted by atomic mass is 16.6. The number of aliphatic hydroxyl groups is 1. The van der Waals surface area contributed by atoms with E-state index < -0.39 is 24.1 Å². The minimum Gasteiger partial charge on any atom is -0.466 e. The Morgan fingerprint density at radius 3 is 2.33 bits per heavy atom. The van der Waals surface area contributed by atoms with Crippen LogP contribution in [-0.4, -0.2) is 48.4 Å². The molecule has 33 heavy (non-hydrogen) atoms. The minimum atomic E-state index is -0.919. The molecular weight excluding hydrogens is 424 g/mol. The Bertz CT molecular complexity index is 796. The highest BCUT2D eigenvalue weighted by Gasteiger charge is 2.65. The number of rotatable bonds is 4. The van der Waals surface area contributed by atoms with Crippen molar-refractivity contribution in [2.75, 3.05) is 7.11 Å². The van der Waals surface area contributed by atoms with E-state index in [1.807, 2.05) is 0 Å². The molecule has 0 spiro atoms. The number of hydrogen-bond donors (Lipinski definition) is 1. The molecule has 4 saturated carbocycles. The summed E-state index contributed by atoms with van der Waals surface area (Å²) in [5, 5.41) is 11.6. The number of esters is 3. The highest BCUT2D eigenvalue weighted by molar-refractivity contribution is 5.79. The Kier molecular flexibility index (Phi) is 6.58. The number of carbonyl (C=O) groups excluding carboxylic acids is 3. The maximum Gasteiger partial charge on any atom is 0.347 e. The standard InChI is InChI=1S/C26H40O7/c1-14(27)32-17-10-11-25(3)16(12-17)6-7-18-19-8-9-20(23(24(30)31-5)33-15(2)28)26(19,4)13-21(29)22(18)25/h16-23,29H,6-13H2,1-5H3/t16-,17-,18+,19-,20+,21+,22+,23-,25+,26-/m1/s1. The van der Waals surface area contributed by atoms with Gasteiger partial charge >= 0.3 is 17.9 Å². The van der Waals surface area contributed by atoms with Crippen molar-refractivity contribution in [2.45, 2.75) is 97.4 Å². The van der Waals surface area contributed by atoms with Gasteiger partial charge < -0.3 is 19.3 Å². The Morgan fingerprint density at radius 1 is 0.970 bits per heavy atom. The molecule has 0 bridgehead atoms. The van der Waals surface area contributed by atoms with E-state index in [-0.39, 0.29) is 34.7 Å². The van der Waals surface area contributed by atoms with Gasteiger partial charge in [-0.25, -0.2) is 4.79 Å². The lowest BCUT2D eigenvalue weighted by Gasteiger charge is -2.62. The fourth-order valence-electron chi connectivity index (χ4n) is 8.81. The molecule has 7 heteroatoms. The molecule has 0 aromatic carbocycles. The van der Waals surface area contributed by atoms with Gasteiger partial charge in [-0.3, -0.25) is 9.59 Å². The van der Waals surface area contributed by atoms with Crippen LogP contribution in [-0.2, 0) is 28.6 Å². The first kappa shape index (κ1) is 24.5. The fraction of sp³-hybridized carbons (Fsp3) is 0.885. The van der Waals surface area contributed by atoms with Gasteiger partial charge in [0.25, 0.3) is 0 Å². The highest BCUT2D eigenvalue weighted by Crippen LogP contribution is 2.68. The van der Waals surface area contributed by atoms with Gasteiger partial charge in [-0.2, -0.15) is 0 Å². The van der Waals surface area contributed by atoms with Crippen LogP contribution in [0.25, 0.3) is 0 Å². The number of aliphatic hydroxyl groups excluding tert-OH is 1. The molecule has 0 radical (unpaired) electrons. The van der Waals surface area contributed by atoms with E-state index in [2.05, 4.69) is 13.8 Å². The van der Waals surface area contributed by atoms with Crippen molar-refractivity contribution in [3.63, 3.8) is 0 Å². The SMILES string of the molecule is COC(=O)[C@H](OC(C)=O)[C@@H]1CC[C@@H]2[C@@H]3CC[C@@H]4C[C@H](OC(C)=O)CC[C@]4(C)[C@@H]3[C@@H](O)C[C@]21C. The molecule has 186 valence electrons. The van der Waals surface area contributed by atoms with E-state index in [1.165, 1.54) is 21.0 Å². The van der Waals surface area contributed by atoms with Gasteiger partial charge in [0.1, 0.15) is 6.10 Å². The maximum atomic E-state index is 12.6. The Balaban J connectivity index is 1.58. The molecule has 7 nitrogen and oxygen atoms in total. The van der Waals surface area contributed by atoms with Gasteiger partial charge in [0.15, 0.2) is 0 Å². The summed E-state index contributed by atoms with van der Waals surface area (Å²) in [4.78, 5) is 35.8. The van der Waals surface area contributed by atoms with Gasteiger partial charge in [0.2, 0.25) is 6.10 Å². The van der Waals surface area contributed by atoms with Crippen molar-refractivity contribution in [1.29, 1.82) is 0 Å². The fourth-order valence-corrected chi connectivity index (χ4v) is 8.81. The van der Waals surface area contributed by atoms with Crippen LogP contribution in [0.3, 0.4) is 0 Å². The molecular formula is C26H40O7. The molecule has 4 aliphatic carbocycles. The normalized spacial score (nSPS) is 45.1. The third kappa shape index (κ3) is 4.08. The molecule has 4 aliphatic rings. The van der Waals surface area contributed by atoms with Gasteiger partial charge in [-0.15, -0.1) is 0 Å². The molecule has 4 fully saturated rings. The van der Waals surface area contributed by atoms with Crippen LogP contribution in [0.2, 0.25) is 0 Å². The zero-order chi connectivity index (χ0) is 24.1. The molecule has 0 heterocycles. The van der Waals surface area contributed by atoms with Crippen LogP contribution in [0.1, 0.15) is 79.1 Å². The molecule has 0 amide bonds. The average molecular weight is 465 g/mol. The predicted molar refractivity (Wildman–Crippen MR) is 120 cm³/mol. The first-order valence-electron chi connectivity index (χ1n) is 12.6. The van der Waals surface area contributed by atoms with Crippen molar-refractivity contribution in [3.8, 4) is 0 Å². The maximum absolute atomic E-state index is 12.6. The van der Waals surface area contributed by atoms with E-state index in [1.54, 1.807) is 0 Å². The lowest BCUT2D eigenvalue weighted by atomic mass is 9.43. The van der Waals surface area contributed by atoms with Crippen LogP contribution in [0, 0.1) is 40.4 Å². The van der Waals surface area contributed by atoms with Crippen molar-refractivity contribution in [3.05, 3.63) is 0 Å². The van der Waals surface area contributed by atoms with Crippen LogP contribution < -0.4 is 0 Å². The number of carbonyl (C=O) groups is 3. The van der Waals surface area contributed by atoms with E-state index in [4.69, 9.17) is 14.2 Å². The third-order valence-corrected chi connectivity index (χ3v) is 10.0. The minimum absolute atomic E-state index is 0.0106. The Labute approximate surface area is 196 Å². The number of methoxy groups -OCH3 is 1. The van der Waals surface area contributed by atoms with Crippen molar-refractivity contribution in [1.82, 2.24) is 0 Å². The van der Waals surface area contributed by atoms with Gasteiger partial charge in [-0.05, 0) is 85.9 Å². The second kappa shape index (κ2) is 8.86. The number of hydrogen-bond acceptors (Lipinski definition) is 7. The molecule has 0 unspecified atom stereocenters. The lowest BCUT2D eigenvalue weighted by molar-refractivity contribution is -0.194. The van der Waals surface area contributed by atoms with Crippen LogP contribution >= 0.6 is 0 Å². The molecule has 0 aromatic heterocycles. The summed E-state index contributed by atoms with van der Waals surface area (Å²) in [7, 11) is 1.33. The van der Waals surface area contributed by atoms with Gasteiger partial charge in [0.05, 0.1) is 13.2 Å².